The second-order valence-electron chi connectivity index (χ2n) is 5.31. The molecule has 0 fully saturated rings. The Balaban J connectivity index is 2.70. The third-order valence-electron chi connectivity index (χ3n) is 3.41. The third kappa shape index (κ3) is 4.96. The fraction of sp³-hybridized carbons (Fsp3) is 0.800. The molecule has 0 aliphatic rings. The average molecular weight is 267 g/mol. The molecular weight excluding hydrogens is 238 g/mol. The van der Waals surface area contributed by atoms with Crippen molar-refractivity contribution in [2.45, 2.75) is 65.1 Å². The summed E-state index contributed by atoms with van der Waals surface area (Å²) in [7, 11) is 1.80. The summed E-state index contributed by atoms with van der Waals surface area (Å²) in [6.07, 6.45) is 5.46. The summed E-state index contributed by atoms with van der Waals surface area (Å²) in [6, 6.07) is 2.87. The minimum absolute atomic E-state index is 0.258. The van der Waals surface area contributed by atoms with Crippen LogP contribution in [0.1, 0.15) is 52.3 Å². The molecule has 4 heteroatoms. The van der Waals surface area contributed by atoms with Gasteiger partial charge in [-0.2, -0.15) is 5.10 Å². The van der Waals surface area contributed by atoms with Crippen LogP contribution >= 0.6 is 0 Å². The van der Waals surface area contributed by atoms with E-state index in [1.807, 2.05) is 4.68 Å². The Morgan fingerprint density at radius 2 is 2.11 bits per heavy atom. The first kappa shape index (κ1) is 16.2. The first-order valence-electron chi connectivity index (χ1n) is 7.42. The molecule has 0 radical (unpaired) electrons. The standard InChI is InChI=1S/C15H29N3O/c1-6-8-15(19-5)14(16-7-2)11-13-9-10-18(17-13)12(3)4/h9-10,12,14-16H,6-8,11H2,1-5H3. The molecule has 0 saturated carbocycles. The number of ether oxygens (including phenoxy) is 1. The molecule has 1 heterocycles. The van der Waals surface area contributed by atoms with Gasteiger partial charge in [-0.1, -0.05) is 20.3 Å². The van der Waals surface area contributed by atoms with Crippen LogP contribution < -0.4 is 5.32 Å². The van der Waals surface area contributed by atoms with Gasteiger partial charge in [0.15, 0.2) is 0 Å². The van der Waals surface area contributed by atoms with Crippen molar-refractivity contribution in [3.8, 4) is 0 Å². The number of rotatable bonds is 9. The highest BCUT2D eigenvalue weighted by Crippen LogP contribution is 2.13. The molecule has 0 saturated heterocycles. The molecule has 1 rings (SSSR count). The summed E-state index contributed by atoms with van der Waals surface area (Å²) in [6.45, 7) is 9.58. The number of hydrogen-bond donors (Lipinski definition) is 1. The average Bonchev–Trinajstić information content (AvgIpc) is 2.84. The smallest absolute Gasteiger partial charge is 0.0728 e. The second-order valence-corrected chi connectivity index (χ2v) is 5.31. The van der Waals surface area contributed by atoms with Gasteiger partial charge in [-0.25, -0.2) is 0 Å². The van der Waals surface area contributed by atoms with Crippen molar-refractivity contribution in [3.05, 3.63) is 18.0 Å². The third-order valence-corrected chi connectivity index (χ3v) is 3.41. The first-order valence-corrected chi connectivity index (χ1v) is 7.42. The van der Waals surface area contributed by atoms with Gasteiger partial charge in [-0.15, -0.1) is 0 Å². The van der Waals surface area contributed by atoms with Gasteiger partial charge in [-0.05, 0) is 32.9 Å². The minimum atomic E-state index is 0.258. The summed E-state index contributed by atoms with van der Waals surface area (Å²) >= 11 is 0. The Kier molecular flexibility index (Phi) is 7.10. The Hall–Kier alpha value is -0.870. The zero-order chi connectivity index (χ0) is 14.3. The number of methoxy groups -OCH3 is 1. The van der Waals surface area contributed by atoms with Crippen LogP contribution in [-0.2, 0) is 11.2 Å². The van der Waals surface area contributed by atoms with E-state index in [1.165, 1.54) is 0 Å². The lowest BCUT2D eigenvalue weighted by Crippen LogP contribution is -2.42. The lowest BCUT2D eigenvalue weighted by molar-refractivity contribution is 0.0610. The number of hydrogen-bond acceptors (Lipinski definition) is 3. The Morgan fingerprint density at radius 3 is 2.58 bits per heavy atom. The highest BCUT2D eigenvalue weighted by atomic mass is 16.5. The van der Waals surface area contributed by atoms with Gasteiger partial charge < -0.3 is 10.1 Å². The van der Waals surface area contributed by atoms with Crippen molar-refractivity contribution < 1.29 is 4.74 Å². The maximum absolute atomic E-state index is 5.63. The summed E-state index contributed by atoms with van der Waals surface area (Å²) in [5, 5.41) is 8.16. The van der Waals surface area contributed by atoms with Gasteiger partial charge >= 0.3 is 0 Å². The lowest BCUT2D eigenvalue weighted by atomic mass is 10.0. The van der Waals surface area contributed by atoms with E-state index in [9.17, 15) is 0 Å². The van der Waals surface area contributed by atoms with Crippen molar-refractivity contribution in [2.75, 3.05) is 13.7 Å². The van der Waals surface area contributed by atoms with Crippen LogP contribution in [0.15, 0.2) is 12.3 Å². The summed E-state index contributed by atoms with van der Waals surface area (Å²) in [5.41, 5.74) is 1.14. The van der Waals surface area contributed by atoms with E-state index < -0.39 is 0 Å². The molecule has 1 aromatic rings. The summed E-state index contributed by atoms with van der Waals surface area (Å²) < 4.78 is 7.65. The number of aromatic nitrogens is 2. The van der Waals surface area contributed by atoms with E-state index in [2.05, 4.69) is 50.4 Å². The van der Waals surface area contributed by atoms with Crippen LogP contribution in [-0.4, -0.2) is 35.6 Å². The van der Waals surface area contributed by atoms with Crippen LogP contribution in [0, 0.1) is 0 Å². The summed E-state index contributed by atoms with van der Waals surface area (Å²) in [4.78, 5) is 0. The largest absolute Gasteiger partial charge is 0.380 e. The zero-order valence-electron chi connectivity index (χ0n) is 13.0. The predicted molar refractivity (Wildman–Crippen MR) is 79.5 cm³/mol. The van der Waals surface area contributed by atoms with Crippen LogP contribution in [0.25, 0.3) is 0 Å². The van der Waals surface area contributed by atoms with Crippen LogP contribution in [0.5, 0.6) is 0 Å². The highest BCUT2D eigenvalue weighted by Gasteiger charge is 2.21. The Morgan fingerprint density at radius 1 is 1.37 bits per heavy atom. The van der Waals surface area contributed by atoms with E-state index in [4.69, 9.17) is 4.74 Å². The summed E-state index contributed by atoms with van der Waals surface area (Å²) in [5.74, 6) is 0. The molecule has 0 aliphatic carbocycles. The van der Waals surface area contributed by atoms with Gasteiger partial charge in [0.1, 0.15) is 0 Å². The fourth-order valence-corrected chi connectivity index (χ4v) is 2.36. The lowest BCUT2D eigenvalue weighted by Gasteiger charge is -2.26. The van der Waals surface area contributed by atoms with E-state index in [0.717, 1.165) is 31.5 Å². The van der Waals surface area contributed by atoms with E-state index >= 15 is 0 Å². The second kappa shape index (κ2) is 8.33. The van der Waals surface area contributed by atoms with Gasteiger partial charge in [0.2, 0.25) is 0 Å². The molecule has 2 atom stereocenters. The first-order chi connectivity index (χ1) is 9.12. The SMILES string of the molecule is CCCC(OC)C(Cc1ccn(C(C)C)n1)NCC. The molecule has 2 unspecified atom stereocenters. The molecule has 1 aromatic heterocycles. The topological polar surface area (TPSA) is 39.1 Å². The van der Waals surface area contributed by atoms with E-state index in [1.54, 1.807) is 7.11 Å². The van der Waals surface area contributed by atoms with Gasteiger partial charge in [0.25, 0.3) is 0 Å². The molecule has 110 valence electrons. The molecule has 0 aliphatic heterocycles. The molecule has 0 aromatic carbocycles. The fourth-order valence-electron chi connectivity index (χ4n) is 2.36. The molecule has 0 spiro atoms. The number of likely N-dealkylation sites (N-methyl/N-ethyl adjacent to an activating group) is 1. The normalized spacial score (nSPS) is 14.8. The number of nitrogens with one attached hydrogen (secondary N) is 1. The molecule has 0 amide bonds. The van der Waals surface area contributed by atoms with Crippen molar-refractivity contribution >= 4 is 0 Å². The maximum Gasteiger partial charge on any atom is 0.0728 e. The van der Waals surface area contributed by atoms with Crippen molar-refractivity contribution in [2.24, 2.45) is 0 Å². The van der Waals surface area contributed by atoms with Gasteiger partial charge in [0.05, 0.1) is 11.8 Å². The Labute approximate surface area is 117 Å². The molecule has 1 N–H and O–H groups in total. The Bertz CT molecular complexity index is 349. The zero-order valence-corrected chi connectivity index (χ0v) is 13.0. The molecule has 19 heavy (non-hydrogen) atoms. The van der Waals surface area contributed by atoms with E-state index in [-0.39, 0.29) is 6.10 Å². The molecule has 0 bridgehead atoms. The predicted octanol–water partition coefficient (Wildman–Crippen LogP) is 2.80. The van der Waals surface area contributed by atoms with Crippen molar-refractivity contribution in [1.29, 1.82) is 0 Å². The highest BCUT2D eigenvalue weighted by molar-refractivity contribution is 5.03. The van der Waals surface area contributed by atoms with Crippen LogP contribution in [0.2, 0.25) is 0 Å². The molecular formula is C15H29N3O. The van der Waals surface area contributed by atoms with Crippen molar-refractivity contribution in [1.82, 2.24) is 15.1 Å². The van der Waals surface area contributed by atoms with Crippen molar-refractivity contribution in [3.63, 3.8) is 0 Å². The van der Waals surface area contributed by atoms with Crippen LogP contribution in [0.4, 0.5) is 0 Å². The quantitative estimate of drug-likeness (QED) is 0.748. The van der Waals surface area contributed by atoms with Gasteiger partial charge in [0, 0.05) is 31.8 Å². The van der Waals surface area contributed by atoms with E-state index in [0.29, 0.717) is 12.1 Å². The van der Waals surface area contributed by atoms with Crippen LogP contribution in [0.3, 0.4) is 0 Å². The monoisotopic (exact) mass is 267 g/mol. The number of nitrogens with zero attached hydrogens (tertiary/aromatic N) is 2. The van der Waals surface area contributed by atoms with Gasteiger partial charge in [-0.3, -0.25) is 4.68 Å². The molecule has 4 nitrogen and oxygen atoms in total. The maximum atomic E-state index is 5.63. The minimum Gasteiger partial charge on any atom is -0.380 e.